The zero-order valence-electron chi connectivity index (χ0n) is 34.6. The van der Waals surface area contributed by atoms with Crippen LogP contribution in [0.2, 0.25) is 0 Å². The monoisotopic (exact) mass is 944 g/mol. The van der Waals surface area contributed by atoms with E-state index in [1.165, 1.54) is 27.7 Å². The summed E-state index contributed by atoms with van der Waals surface area (Å²) in [7, 11) is 0. The van der Waals surface area contributed by atoms with Gasteiger partial charge in [0, 0.05) is 22.3 Å². The lowest BCUT2D eigenvalue weighted by molar-refractivity contribution is -0.209. The fourth-order valence-electron chi connectivity index (χ4n) is 10.6. The number of carbonyl (C=O) groups excluding carboxylic acids is 8. The van der Waals surface area contributed by atoms with Crippen LogP contribution in [-0.2, 0) is 64.3 Å². The van der Waals surface area contributed by atoms with Gasteiger partial charge in [0.25, 0.3) is 22.7 Å². The molecule has 0 radical (unpaired) electrons. The Bertz CT molecular complexity index is 2370. The van der Waals surface area contributed by atoms with Crippen LogP contribution in [0, 0.1) is 46.5 Å². The van der Waals surface area contributed by atoms with Gasteiger partial charge in [-0.05, 0) is 27.7 Å². The summed E-state index contributed by atoms with van der Waals surface area (Å²) in [4.78, 5) is 123. The third kappa shape index (κ3) is 4.48. The highest BCUT2D eigenvalue weighted by atomic mass is 19.2. The highest BCUT2D eigenvalue weighted by Crippen LogP contribution is 2.62. The van der Waals surface area contributed by atoms with E-state index in [1.54, 1.807) is 0 Å². The average Bonchev–Trinajstić information content (AvgIpc) is 3.65. The van der Waals surface area contributed by atoms with Gasteiger partial charge in [0.2, 0.25) is 0 Å². The molecule has 7 heterocycles. The molecule has 2 aromatic carbocycles. The molecule has 0 bridgehead atoms. The van der Waals surface area contributed by atoms with E-state index in [-0.39, 0.29) is 39.2 Å². The van der Waals surface area contributed by atoms with Gasteiger partial charge >= 0.3 is 48.0 Å². The second-order valence-corrected chi connectivity index (χ2v) is 15.5. The minimum Gasteiger partial charge on any atom is -0.463 e. The summed E-state index contributed by atoms with van der Waals surface area (Å²) in [6.07, 6.45) is 0. The minimum atomic E-state index is -3.47. The maximum atomic E-state index is 15.9. The first-order chi connectivity index (χ1) is 31.2. The van der Waals surface area contributed by atoms with E-state index in [4.69, 9.17) is 18.9 Å². The van der Waals surface area contributed by atoms with E-state index < -0.39 is 205 Å². The van der Waals surface area contributed by atoms with Crippen molar-refractivity contribution < 1.29 is 92.4 Å². The Kier molecular flexibility index (Phi) is 9.46. The van der Waals surface area contributed by atoms with E-state index in [0.717, 1.165) is 0 Å². The van der Waals surface area contributed by atoms with Crippen LogP contribution >= 0.6 is 0 Å². The molecule has 0 N–H and O–H groups in total. The van der Waals surface area contributed by atoms with Gasteiger partial charge in [-0.25, -0.2) is 73.5 Å². The number of hydrogen-bond donors (Lipinski definition) is 0. The number of rotatable bonds is 8. The van der Waals surface area contributed by atoms with Crippen LogP contribution in [-0.4, -0.2) is 150 Å². The van der Waals surface area contributed by atoms with Gasteiger partial charge in [0.05, 0.1) is 52.6 Å². The van der Waals surface area contributed by atoms with Crippen LogP contribution in [0.25, 0.3) is 0 Å². The molecule has 0 aliphatic carbocycles. The smallest absolute Gasteiger partial charge is 0.359 e. The minimum absolute atomic E-state index is 0.249. The molecule has 20 nitrogen and oxygen atoms in total. The normalized spacial score (nSPS) is 26.7. The SMILES string of the molecule is CCOC(=O)C12N3Cc4c(F)c(F)c(F)c(F)c4CN1C(=O)N1CN4C(=O)N5Cc6c(F)c(F)c(F)c(F)c6CN6C(=O)N(CN(C3=O)C12C(=O)OCC)C4(C(=O)OCC)C65C(=O)OCC. The maximum Gasteiger partial charge on any atom is 0.359 e. The Morgan fingerprint density at radius 3 is 0.727 bits per heavy atom. The van der Waals surface area contributed by atoms with Crippen molar-refractivity contribution in [3.05, 3.63) is 68.8 Å². The van der Waals surface area contributed by atoms with Crippen LogP contribution in [0.4, 0.5) is 54.3 Å². The zero-order valence-corrected chi connectivity index (χ0v) is 34.6. The van der Waals surface area contributed by atoms with Gasteiger partial charge in [-0.1, -0.05) is 0 Å². The Morgan fingerprint density at radius 2 is 0.545 bits per heavy atom. The number of amides is 8. The number of fused-ring (bicyclic) bond motifs is 2. The first-order valence-electron chi connectivity index (χ1n) is 20.0. The summed E-state index contributed by atoms with van der Waals surface area (Å²) in [6, 6.07) is -6.83. The van der Waals surface area contributed by atoms with Gasteiger partial charge < -0.3 is 18.9 Å². The molecule has 0 spiro atoms. The zero-order chi connectivity index (χ0) is 48.1. The van der Waals surface area contributed by atoms with Crippen molar-refractivity contribution in [3.8, 4) is 0 Å². The number of nitrogens with zero attached hydrogens (tertiary/aromatic N) is 8. The molecule has 5 saturated heterocycles. The number of carbonyl (C=O) groups is 8. The van der Waals surface area contributed by atoms with Gasteiger partial charge in [-0.15, -0.1) is 0 Å². The van der Waals surface area contributed by atoms with Crippen LogP contribution in [0.15, 0.2) is 0 Å². The fraction of sp³-hybridized carbons (Fsp3) is 0.474. The molecule has 0 atom stereocenters. The van der Waals surface area contributed by atoms with Crippen LogP contribution in [0.3, 0.4) is 0 Å². The van der Waals surface area contributed by atoms with Gasteiger partial charge in [-0.2, -0.15) is 0 Å². The highest BCUT2D eigenvalue weighted by molar-refractivity contribution is 6.12. The number of urea groups is 4. The van der Waals surface area contributed by atoms with Gasteiger partial charge in [-0.3, -0.25) is 39.2 Å². The lowest BCUT2D eigenvalue weighted by Crippen LogP contribution is -2.81. The molecule has 8 amide bonds. The largest absolute Gasteiger partial charge is 0.463 e. The van der Waals surface area contributed by atoms with Crippen molar-refractivity contribution in [2.75, 3.05) is 39.8 Å². The van der Waals surface area contributed by atoms with E-state index in [1.807, 2.05) is 0 Å². The second kappa shape index (κ2) is 14.2. The Morgan fingerprint density at radius 1 is 0.364 bits per heavy atom. The number of halogens is 8. The second-order valence-electron chi connectivity index (χ2n) is 15.5. The number of esters is 4. The first-order valence-corrected chi connectivity index (χ1v) is 20.0. The Hall–Kier alpha value is -7.16. The number of ether oxygens (including phenoxy) is 4. The molecule has 28 heteroatoms. The van der Waals surface area contributed by atoms with E-state index in [2.05, 4.69) is 0 Å². The molecular formula is C38H32F8N8O12. The molecule has 0 saturated carbocycles. The van der Waals surface area contributed by atoms with Crippen molar-refractivity contribution in [1.82, 2.24) is 39.2 Å². The topological polar surface area (TPSA) is 199 Å². The highest BCUT2D eigenvalue weighted by Gasteiger charge is 2.93. The summed E-state index contributed by atoms with van der Waals surface area (Å²) in [5, 5.41) is 0. The van der Waals surface area contributed by atoms with Crippen LogP contribution in [0.1, 0.15) is 49.9 Å². The molecule has 5 fully saturated rings. The van der Waals surface area contributed by atoms with E-state index in [0.29, 0.717) is 0 Å². The number of benzene rings is 2. The summed E-state index contributed by atoms with van der Waals surface area (Å²) in [5.41, 5.74) is -18.4. The van der Waals surface area contributed by atoms with Crippen molar-refractivity contribution in [2.24, 2.45) is 0 Å². The molecule has 0 unspecified atom stereocenters. The lowest BCUT2D eigenvalue weighted by Gasteiger charge is -2.51. The van der Waals surface area contributed by atoms with E-state index >= 15 is 46.3 Å². The molecule has 66 heavy (non-hydrogen) atoms. The molecule has 7 aliphatic heterocycles. The van der Waals surface area contributed by atoms with E-state index in [9.17, 15) is 27.2 Å². The predicted octanol–water partition coefficient (Wildman–Crippen LogP) is 2.44. The van der Waals surface area contributed by atoms with Crippen molar-refractivity contribution in [2.45, 2.75) is 76.5 Å². The summed E-state index contributed by atoms with van der Waals surface area (Å²) in [6.45, 7) is -6.84. The maximum absolute atomic E-state index is 15.9. The molecule has 7 aliphatic rings. The average molecular weight is 945 g/mol. The summed E-state index contributed by atoms with van der Waals surface area (Å²) in [5.74, 6) is -24.9. The lowest BCUT2D eigenvalue weighted by atomic mass is 9.88. The molecule has 9 rings (SSSR count). The van der Waals surface area contributed by atoms with Crippen LogP contribution < -0.4 is 0 Å². The Balaban J connectivity index is 1.40. The summed E-state index contributed by atoms with van der Waals surface area (Å²) < 4.78 is 145. The van der Waals surface area contributed by atoms with Gasteiger partial charge in [0.1, 0.15) is 13.3 Å². The molecule has 2 aromatic rings. The van der Waals surface area contributed by atoms with Crippen molar-refractivity contribution in [1.29, 1.82) is 0 Å². The fourth-order valence-corrected chi connectivity index (χ4v) is 10.6. The number of hydrogen-bond acceptors (Lipinski definition) is 12. The predicted molar refractivity (Wildman–Crippen MR) is 191 cm³/mol. The quantitative estimate of drug-likeness (QED) is 0.123. The standard InChI is InChI=1S/C38H32F8N8O12/c1-5-63-27(55)35-37(29(57)65-7-3)51-13-53-33(61)49-11-17-18(22(42)26(46)25(45)21(17)41)12-50-34(62)54(38(53,30(58)66-8-4)36(49,50)28(56)64-6-2)14-52(37)32(60)48(35)10-16-15(9-47(35)31(51)59)19(39)23(43)24(44)20(16)40/h5-14H2,1-4H3. The third-order valence-electron chi connectivity index (χ3n) is 13.0. The molecular weight excluding hydrogens is 912 g/mol. The van der Waals surface area contributed by atoms with Gasteiger partial charge in [0.15, 0.2) is 46.5 Å². The molecule has 0 aromatic heterocycles. The summed E-state index contributed by atoms with van der Waals surface area (Å²) >= 11 is 0. The third-order valence-corrected chi connectivity index (χ3v) is 13.0. The van der Waals surface area contributed by atoms with Crippen molar-refractivity contribution in [3.63, 3.8) is 0 Å². The molecule has 352 valence electrons. The first kappa shape index (κ1) is 44.1. The van der Waals surface area contributed by atoms with Crippen molar-refractivity contribution >= 4 is 48.0 Å². The Labute approximate surface area is 364 Å². The van der Waals surface area contributed by atoms with Crippen LogP contribution in [0.5, 0.6) is 0 Å².